The van der Waals surface area contributed by atoms with Crippen LogP contribution >= 0.6 is 22.9 Å². The second kappa shape index (κ2) is 9.34. The smallest absolute Gasteiger partial charge is 0.282 e. The van der Waals surface area contributed by atoms with Gasteiger partial charge >= 0.3 is 0 Å². The van der Waals surface area contributed by atoms with Crippen molar-refractivity contribution < 1.29 is 19.1 Å². The van der Waals surface area contributed by atoms with Gasteiger partial charge in [0.05, 0.1) is 29.5 Å². The molecule has 0 atom stereocenters. The van der Waals surface area contributed by atoms with Crippen LogP contribution < -0.4 is 4.90 Å². The quantitative estimate of drug-likeness (QED) is 0.583. The standard InChI is InChI=1S/C20H21ClN2O4S/c1-26-11-9-22(10-12-27-2)18-17(16-8-5-13-28-16)19(24)23(20(18)25)15-7-4-3-6-14(15)21/h3-8,13H,9-12H2,1-2H3. The van der Waals surface area contributed by atoms with Gasteiger partial charge in [-0.3, -0.25) is 9.59 Å². The number of thiophene rings is 1. The Balaban J connectivity index is 2.09. The van der Waals surface area contributed by atoms with Gasteiger partial charge in [0.1, 0.15) is 5.70 Å². The molecule has 148 valence electrons. The Morgan fingerprint density at radius 2 is 1.68 bits per heavy atom. The van der Waals surface area contributed by atoms with Gasteiger partial charge in [-0.15, -0.1) is 11.3 Å². The average Bonchev–Trinajstić information content (AvgIpc) is 3.29. The van der Waals surface area contributed by atoms with Gasteiger partial charge in [-0.2, -0.15) is 0 Å². The van der Waals surface area contributed by atoms with Crippen molar-refractivity contribution in [2.75, 3.05) is 45.4 Å². The van der Waals surface area contributed by atoms with Gasteiger partial charge < -0.3 is 14.4 Å². The molecule has 0 N–H and O–H groups in total. The molecule has 2 aromatic rings. The summed E-state index contributed by atoms with van der Waals surface area (Å²) >= 11 is 7.70. The lowest BCUT2D eigenvalue weighted by Gasteiger charge is -2.25. The maximum atomic E-state index is 13.4. The zero-order valence-electron chi connectivity index (χ0n) is 15.7. The molecular weight excluding hydrogens is 400 g/mol. The van der Waals surface area contributed by atoms with Crippen molar-refractivity contribution in [3.05, 3.63) is 57.4 Å². The fourth-order valence-corrected chi connectivity index (χ4v) is 4.03. The fourth-order valence-electron chi connectivity index (χ4n) is 3.04. The van der Waals surface area contributed by atoms with Crippen LogP contribution in [0.3, 0.4) is 0 Å². The highest BCUT2D eigenvalue weighted by Gasteiger charge is 2.43. The molecule has 6 nitrogen and oxygen atoms in total. The molecule has 1 aromatic heterocycles. The monoisotopic (exact) mass is 420 g/mol. The van der Waals surface area contributed by atoms with Crippen LogP contribution in [0.15, 0.2) is 47.5 Å². The summed E-state index contributed by atoms with van der Waals surface area (Å²) in [5.41, 5.74) is 1.11. The number of carbonyl (C=O) groups excluding carboxylic acids is 2. The predicted molar refractivity (Wildman–Crippen MR) is 111 cm³/mol. The molecule has 3 rings (SSSR count). The second-order valence-electron chi connectivity index (χ2n) is 6.07. The number of hydrogen-bond acceptors (Lipinski definition) is 6. The Hall–Kier alpha value is -2.19. The third-order valence-electron chi connectivity index (χ3n) is 4.37. The number of methoxy groups -OCH3 is 2. The molecule has 8 heteroatoms. The largest absolute Gasteiger partial charge is 0.383 e. The number of amides is 2. The first-order valence-corrected chi connectivity index (χ1v) is 10.00. The predicted octanol–water partition coefficient (Wildman–Crippen LogP) is 3.28. The van der Waals surface area contributed by atoms with E-state index in [9.17, 15) is 9.59 Å². The molecule has 2 heterocycles. The molecule has 0 fully saturated rings. The summed E-state index contributed by atoms with van der Waals surface area (Å²) in [5, 5.41) is 2.22. The van der Waals surface area contributed by atoms with Gasteiger partial charge in [0, 0.05) is 32.2 Å². The topological polar surface area (TPSA) is 59.1 Å². The van der Waals surface area contributed by atoms with E-state index in [2.05, 4.69) is 0 Å². The van der Waals surface area contributed by atoms with Gasteiger partial charge in [0.25, 0.3) is 11.8 Å². The van der Waals surface area contributed by atoms with E-state index in [-0.39, 0.29) is 5.91 Å². The lowest BCUT2D eigenvalue weighted by atomic mass is 10.1. The summed E-state index contributed by atoms with van der Waals surface area (Å²) in [7, 11) is 3.20. The molecule has 28 heavy (non-hydrogen) atoms. The van der Waals surface area contributed by atoms with Crippen LogP contribution in [0.5, 0.6) is 0 Å². The van der Waals surface area contributed by atoms with Crippen molar-refractivity contribution in [1.82, 2.24) is 4.90 Å². The van der Waals surface area contributed by atoms with E-state index < -0.39 is 5.91 Å². The van der Waals surface area contributed by atoms with E-state index in [1.54, 1.807) is 38.5 Å². The van der Waals surface area contributed by atoms with Crippen molar-refractivity contribution in [3.8, 4) is 0 Å². The van der Waals surface area contributed by atoms with Crippen LogP contribution in [0.2, 0.25) is 5.02 Å². The van der Waals surface area contributed by atoms with Gasteiger partial charge in [0.15, 0.2) is 0 Å². The summed E-state index contributed by atoms with van der Waals surface area (Å²) in [6, 6.07) is 10.5. The van der Waals surface area contributed by atoms with E-state index in [4.69, 9.17) is 21.1 Å². The molecule has 0 unspecified atom stereocenters. The average molecular weight is 421 g/mol. The van der Waals surface area contributed by atoms with Gasteiger partial charge in [-0.25, -0.2) is 4.90 Å². The molecule has 0 saturated heterocycles. The summed E-state index contributed by atoms with van der Waals surface area (Å²) in [4.78, 5) is 30.5. The number of halogens is 1. The Kier molecular flexibility index (Phi) is 6.85. The zero-order chi connectivity index (χ0) is 20.1. The summed E-state index contributed by atoms with van der Waals surface area (Å²) in [6.07, 6.45) is 0. The van der Waals surface area contributed by atoms with Crippen molar-refractivity contribution in [2.45, 2.75) is 0 Å². The van der Waals surface area contributed by atoms with Gasteiger partial charge in [-0.05, 0) is 23.6 Å². The molecule has 0 aliphatic carbocycles. The number of para-hydroxylation sites is 1. The Bertz CT molecular complexity index is 874. The third-order valence-corrected chi connectivity index (χ3v) is 5.57. The number of benzene rings is 1. The van der Waals surface area contributed by atoms with Gasteiger partial charge in [0.2, 0.25) is 0 Å². The number of ether oxygens (including phenoxy) is 2. The minimum Gasteiger partial charge on any atom is -0.383 e. The summed E-state index contributed by atoms with van der Waals surface area (Å²) in [6.45, 7) is 1.75. The Labute approximate surface area is 172 Å². The first-order valence-electron chi connectivity index (χ1n) is 8.74. The molecule has 1 aliphatic rings. The van der Waals surface area contributed by atoms with Crippen molar-refractivity contribution in [1.29, 1.82) is 0 Å². The Morgan fingerprint density at radius 1 is 1.00 bits per heavy atom. The lowest BCUT2D eigenvalue weighted by molar-refractivity contribution is -0.120. The first kappa shape index (κ1) is 20.5. The minimum atomic E-state index is -0.395. The van der Waals surface area contributed by atoms with Crippen LogP contribution in [-0.2, 0) is 19.1 Å². The van der Waals surface area contributed by atoms with E-state index in [1.807, 2.05) is 22.4 Å². The third kappa shape index (κ3) is 3.98. The molecule has 1 aliphatic heterocycles. The molecule has 0 spiro atoms. The number of rotatable bonds is 9. The number of imide groups is 1. The van der Waals surface area contributed by atoms with E-state index in [1.165, 1.54) is 11.3 Å². The number of anilines is 1. The van der Waals surface area contributed by atoms with Crippen molar-refractivity contribution in [2.24, 2.45) is 0 Å². The SMILES string of the molecule is COCCN(CCOC)C1=C(c2cccs2)C(=O)N(c2ccccc2Cl)C1=O. The molecule has 0 bridgehead atoms. The fraction of sp³-hybridized carbons (Fsp3) is 0.300. The molecule has 2 amide bonds. The summed E-state index contributed by atoms with van der Waals surface area (Å²) in [5.74, 6) is -0.774. The number of hydrogen-bond donors (Lipinski definition) is 0. The number of carbonyl (C=O) groups is 2. The van der Waals surface area contributed by atoms with Crippen LogP contribution in [0, 0.1) is 0 Å². The van der Waals surface area contributed by atoms with Crippen LogP contribution in [0.4, 0.5) is 5.69 Å². The van der Waals surface area contributed by atoms with Crippen molar-refractivity contribution in [3.63, 3.8) is 0 Å². The molecular formula is C20H21ClN2O4S. The van der Waals surface area contributed by atoms with Crippen LogP contribution in [-0.4, -0.2) is 57.2 Å². The van der Waals surface area contributed by atoms with E-state index >= 15 is 0 Å². The van der Waals surface area contributed by atoms with Crippen molar-refractivity contribution >= 4 is 46.0 Å². The minimum absolute atomic E-state index is 0.344. The highest BCUT2D eigenvalue weighted by atomic mass is 35.5. The molecule has 1 aromatic carbocycles. The zero-order valence-corrected chi connectivity index (χ0v) is 17.3. The maximum Gasteiger partial charge on any atom is 0.282 e. The highest BCUT2D eigenvalue weighted by molar-refractivity contribution is 7.11. The molecule has 0 radical (unpaired) electrons. The van der Waals surface area contributed by atoms with Gasteiger partial charge in [-0.1, -0.05) is 29.8 Å². The lowest BCUT2D eigenvalue weighted by Crippen LogP contribution is -2.37. The number of nitrogens with zero attached hydrogens (tertiary/aromatic N) is 2. The normalized spacial score (nSPS) is 14.3. The first-order chi connectivity index (χ1) is 13.6. The highest BCUT2D eigenvalue weighted by Crippen LogP contribution is 2.38. The summed E-state index contributed by atoms with van der Waals surface area (Å²) < 4.78 is 10.4. The molecule has 0 saturated carbocycles. The van der Waals surface area contributed by atoms with E-state index in [0.717, 1.165) is 9.78 Å². The second-order valence-corrected chi connectivity index (χ2v) is 7.43. The van der Waals surface area contributed by atoms with E-state index in [0.29, 0.717) is 48.3 Å². The van der Waals surface area contributed by atoms with Crippen LogP contribution in [0.25, 0.3) is 5.57 Å². The maximum absolute atomic E-state index is 13.4. The Morgan fingerprint density at radius 3 is 2.25 bits per heavy atom. The van der Waals surface area contributed by atoms with Crippen LogP contribution in [0.1, 0.15) is 4.88 Å².